The summed E-state index contributed by atoms with van der Waals surface area (Å²) in [4.78, 5) is 0. The molecule has 0 aliphatic rings. The van der Waals surface area contributed by atoms with Crippen LogP contribution in [0, 0.1) is 0 Å². The van der Waals surface area contributed by atoms with Crippen molar-refractivity contribution in [1.29, 1.82) is 0 Å². The Morgan fingerprint density at radius 3 is 2.00 bits per heavy atom. The number of aryl methyl sites for hydroxylation is 1. The van der Waals surface area contributed by atoms with Gasteiger partial charge in [0.25, 0.3) is 0 Å². The number of ether oxygens (including phenoxy) is 1. The molecule has 29 heavy (non-hydrogen) atoms. The van der Waals surface area contributed by atoms with Gasteiger partial charge in [-0.3, -0.25) is 0 Å². The van der Waals surface area contributed by atoms with Crippen molar-refractivity contribution in [3.8, 4) is 5.75 Å². The van der Waals surface area contributed by atoms with Crippen molar-refractivity contribution >= 4 is 21.5 Å². The van der Waals surface area contributed by atoms with Crippen LogP contribution in [0.2, 0.25) is 0 Å². The third-order valence-electron chi connectivity index (χ3n) is 4.18. The summed E-state index contributed by atoms with van der Waals surface area (Å²) in [5.74, 6) is 0.172. The first-order chi connectivity index (χ1) is 13.5. The number of azo groups is 1. The topological polar surface area (TPSA) is 91.2 Å². The first-order valence-electron chi connectivity index (χ1n) is 9.63. The van der Waals surface area contributed by atoms with Crippen molar-refractivity contribution in [2.75, 3.05) is 12.4 Å². The predicted molar refractivity (Wildman–Crippen MR) is 110 cm³/mol. The zero-order valence-electron chi connectivity index (χ0n) is 17.2. The van der Waals surface area contributed by atoms with Gasteiger partial charge in [0.05, 0.1) is 28.1 Å². The second-order valence-corrected chi connectivity index (χ2v) is 8.16. The van der Waals surface area contributed by atoms with Gasteiger partial charge in [-0.2, -0.15) is 10.2 Å². The molecule has 0 atom stereocenters. The van der Waals surface area contributed by atoms with Crippen LogP contribution in [0.4, 0.5) is 11.4 Å². The van der Waals surface area contributed by atoms with Crippen LogP contribution < -0.4 is 56.1 Å². The number of hydrogen-bond acceptors (Lipinski definition) is 6. The molecule has 2 aromatic carbocycles. The fourth-order valence-corrected chi connectivity index (χ4v) is 3.11. The van der Waals surface area contributed by atoms with Crippen molar-refractivity contribution in [3.05, 3.63) is 54.1 Å². The number of unbranched alkanes of at least 4 members (excludes halogenated alkanes) is 3. The third-order valence-corrected chi connectivity index (χ3v) is 4.97. The van der Waals surface area contributed by atoms with Crippen molar-refractivity contribution < 1.29 is 69.1 Å². The molecule has 8 heteroatoms. The van der Waals surface area contributed by atoms with E-state index in [9.17, 15) is 13.0 Å². The average Bonchev–Trinajstić information content (AvgIpc) is 2.68. The van der Waals surface area contributed by atoms with Crippen LogP contribution in [-0.2, 0) is 16.5 Å². The fourth-order valence-electron chi connectivity index (χ4n) is 2.64. The summed E-state index contributed by atoms with van der Waals surface area (Å²) in [6.45, 7) is 2.39. The van der Waals surface area contributed by atoms with E-state index in [1.54, 1.807) is 24.3 Å². The molecule has 0 amide bonds. The van der Waals surface area contributed by atoms with Crippen molar-refractivity contribution in [1.82, 2.24) is 0 Å². The van der Waals surface area contributed by atoms with E-state index in [1.165, 1.54) is 31.2 Å². The normalized spacial score (nSPS) is 11.4. The third kappa shape index (κ3) is 12.0. The Hall–Kier alpha value is -0.614. The van der Waals surface area contributed by atoms with Crippen LogP contribution in [0.15, 0.2) is 58.8 Å². The maximum absolute atomic E-state index is 10.5. The van der Waals surface area contributed by atoms with Gasteiger partial charge in [-0.1, -0.05) is 38.3 Å². The minimum atomic E-state index is -4.19. The average molecular weight is 443 g/mol. The van der Waals surface area contributed by atoms with Gasteiger partial charge in [-0.15, -0.1) is 0 Å². The van der Waals surface area contributed by atoms with Crippen LogP contribution in [-0.4, -0.2) is 25.3 Å². The molecule has 0 aliphatic heterocycles. The molecule has 0 saturated carbocycles. The van der Waals surface area contributed by atoms with Gasteiger partial charge in [0.15, 0.2) is 0 Å². The van der Waals surface area contributed by atoms with Crippen molar-refractivity contribution in [2.45, 2.75) is 45.4 Å². The molecule has 152 valence electrons. The van der Waals surface area contributed by atoms with Crippen LogP contribution in [0.25, 0.3) is 0 Å². The van der Waals surface area contributed by atoms with Crippen molar-refractivity contribution in [3.63, 3.8) is 0 Å². The molecule has 2 rings (SSSR count). The summed E-state index contributed by atoms with van der Waals surface area (Å²) in [5, 5.41) is 8.45. The zero-order valence-corrected chi connectivity index (χ0v) is 21.2. The molecule has 0 spiro atoms. The molecule has 0 fully saturated rings. The van der Waals surface area contributed by atoms with Gasteiger partial charge in [-0.25, -0.2) is 8.42 Å². The van der Waals surface area contributed by atoms with E-state index in [4.69, 9.17) is 4.74 Å². The molecule has 2 aromatic rings. The van der Waals surface area contributed by atoms with Crippen LogP contribution in [0.1, 0.15) is 44.6 Å². The Labute approximate surface area is 216 Å². The van der Waals surface area contributed by atoms with E-state index >= 15 is 0 Å². The standard InChI is InChI=1S/C21H28N2O4S.K/c1-2-3-4-5-7-18-8-10-19(11-9-18)22-23-20-12-14-21(15-13-20)27-16-6-17-28(24,25)26;/h8-15H,2-7,16-17H2,1H3,(H,24,25,26);/q;+1/p-1. The zero-order chi connectivity index (χ0) is 20.2. The Morgan fingerprint density at radius 2 is 1.45 bits per heavy atom. The largest absolute Gasteiger partial charge is 1.00 e. The number of rotatable bonds is 12. The fraction of sp³-hybridized carbons (Fsp3) is 0.429. The minimum absolute atomic E-state index is 0. The molecule has 6 nitrogen and oxygen atoms in total. The second-order valence-electron chi connectivity index (χ2n) is 6.63. The van der Waals surface area contributed by atoms with Crippen LogP contribution >= 0.6 is 0 Å². The van der Waals surface area contributed by atoms with Gasteiger partial charge in [0.1, 0.15) is 5.75 Å². The predicted octanol–water partition coefficient (Wildman–Crippen LogP) is 2.54. The molecule has 0 bridgehead atoms. The van der Waals surface area contributed by atoms with Gasteiger partial charge < -0.3 is 9.29 Å². The monoisotopic (exact) mass is 442 g/mol. The number of benzene rings is 2. The summed E-state index contributed by atoms with van der Waals surface area (Å²) < 4.78 is 37.0. The smallest absolute Gasteiger partial charge is 0.748 e. The summed E-state index contributed by atoms with van der Waals surface area (Å²) >= 11 is 0. The van der Waals surface area contributed by atoms with E-state index < -0.39 is 15.9 Å². The van der Waals surface area contributed by atoms with E-state index in [-0.39, 0.29) is 64.4 Å². The summed E-state index contributed by atoms with van der Waals surface area (Å²) in [5.41, 5.74) is 2.82. The number of nitrogens with zero attached hydrogens (tertiary/aromatic N) is 2. The molecule has 0 radical (unpaired) electrons. The van der Waals surface area contributed by atoms with E-state index in [2.05, 4.69) is 29.3 Å². The summed E-state index contributed by atoms with van der Waals surface area (Å²) in [6, 6.07) is 15.1. The van der Waals surface area contributed by atoms with E-state index in [1.807, 2.05) is 12.1 Å². The minimum Gasteiger partial charge on any atom is -0.748 e. The molecule has 0 aliphatic carbocycles. The van der Waals surface area contributed by atoms with Gasteiger partial charge in [0.2, 0.25) is 0 Å². The van der Waals surface area contributed by atoms with Gasteiger partial charge in [-0.05, 0) is 61.2 Å². The van der Waals surface area contributed by atoms with Crippen LogP contribution in [0.5, 0.6) is 5.75 Å². The van der Waals surface area contributed by atoms with E-state index in [0.717, 1.165) is 12.1 Å². The maximum atomic E-state index is 10.5. The first kappa shape index (κ1) is 26.4. The SMILES string of the molecule is CCCCCCc1ccc(N=Nc2ccc(OCCCS(=O)(=O)[O-])cc2)cc1.[K+]. The quantitative estimate of drug-likeness (QED) is 0.219. The molecule has 0 saturated heterocycles. The van der Waals surface area contributed by atoms with Crippen LogP contribution in [0.3, 0.4) is 0 Å². The van der Waals surface area contributed by atoms with Gasteiger partial charge >= 0.3 is 51.4 Å². The molecule has 0 N–H and O–H groups in total. The molecular formula is C21H27KN2O4S. The van der Waals surface area contributed by atoms with Crippen molar-refractivity contribution in [2.24, 2.45) is 10.2 Å². The summed E-state index contributed by atoms with van der Waals surface area (Å²) in [6.07, 6.45) is 6.29. The molecule has 0 heterocycles. The maximum Gasteiger partial charge on any atom is 1.00 e. The molecule has 0 unspecified atom stereocenters. The Bertz CT molecular complexity index is 838. The van der Waals surface area contributed by atoms with Gasteiger partial charge in [0, 0.05) is 5.75 Å². The molecular weight excluding hydrogens is 415 g/mol. The number of hydrogen-bond donors (Lipinski definition) is 0. The first-order valence-corrected chi connectivity index (χ1v) is 11.2. The Kier molecular flexibility index (Phi) is 13.1. The Balaban J connectivity index is 0.00000420. The van der Waals surface area contributed by atoms with E-state index in [0.29, 0.717) is 11.4 Å². The summed E-state index contributed by atoms with van der Waals surface area (Å²) in [7, 11) is -4.19. The second kappa shape index (κ2) is 14.4. The Morgan fingerprint density at radius 1 is 0.862 bits per heavy atom. The molecule has 0 aromatic heterocycles.